The molecular formula is C20H15F2N3O4. The van der Waals surface area contributed by atoms with Crippen LogP contribution in [0.15, 0.2) is 47.8 Å². The van der Waals surface area contributed by atoms with Gasteiger partial charge in [-0.25, -0.2) is 8.78 Å². The Bertz CT molecular complexity index is 1090. The van der Waals surface area contributed by atoms with E-state index in [0.717, 1.165) is 31.0 Å². The average molecular weight is 399 g/mol. The molecule has 0 aromatic heterocycles. The first-order valence-electron chi connectivity index (χ1n) is 8.96. The van der Waals surface area contributed by atoms with Gasteiger partial charge >= 0.3 is 0 Å². The zero-order valence-corrected chi connectivity index (χ0v) is 15.1. The van der Waals surface area contributed by atoms with E-state index in [4.69, 9.17) is 0 Å². The van der Waals surface area contributed by atoms with Crippen molar-refractivity contribution in [2.45, 2.75) is 12.8 Å². The average Bonchev–Trinajstić information content (AvgIpc) is 3.22. The number of carbonyl (C=O) groups is 2. The van der Waals surface area contributed by atoms with Gasteiger partial charge in [0.15, 0.2) is 11.6 Å². The monoisotopic (exact) mass is 399 g/mol. The third-order valence-electron chi connectivity index (χ3n) is 4.99. The van der Waals surface area contributed by atoms with E-state index in [1.54, 1.807) is 4.90 Å². The van der Waals surface area contributed by atoms with E-state index in [1.807, 2.05) is 0 Å². The van der Waals surface area contributed by atoms with Gasteiger partial charge in [-0.15, -0.1) is 0 Å². The Morgan fingerprint density at radius 3 is 2.31 bits per heavy atom. The van der Waals surface area contributed by atoms with Crippen LogP contribution < -0.4 is 5.32 Å². The standard InChI is InChI=1S/C20H15F2N3O4/c21-15-6-3-11(9-16(15)22)23-17-18(24-7-1-2-8-24)20(27)13-5-4-12(25(28)29)10-14(13)19(17)26/h3-6,9-10,23H,1-2,7-8H2. The summed E-state index contributed by atoms with van der Waals surface area (Å²) in [6, 6.07) is 6.54. The highest BCUT2D eigenvalue weighted by molar-refractivity contribution is 6.27. The maximum absolute atomic E-state index is 13.6. The highest BCUT2D eigenvalue weighted by Gasteiger charge is 2.37. The Balaban J connectivity index is 1.84. The van der Waals surface area contributed by atoms with E-state index in [-0.39, 0.29) is 33.9 Å². The van der Waals surface area contributed by atoms with Crippen molar-refractivity contribution in [2.75, 3.05) is 18.4 Å². The molecule has 0 saturated carbocycles. The molecule has 1 aliphatic heterocycles. The number of nitrogens with zero attached hydrogens (tertiary/aromatic N) is 2. The quantitative estimate of drug-likeness (QED) is 0.623. The van der Waals surface area contributed by atoms with Gasteiger partial charge in [-0.3, -0.25) is 19.7 Å². The lowest BCUT2D eigenvalue weighted by atomic mass is 9.89. The highest BCUT2D eigenvalue weighted by Crippen LogP contribution is 2.33. The van der Waals surface area contributed by atoms with Gasteiger partial charge in [-0.2, -0.15) is 0 Å². The van der Waals surface area contributed by atoms with Gasteiger partial charge in [0, 0.05) is 48.1 Å². The van der Waals surface area contributed by atoms with Crippen LogP contribution in [0.3, 0.4) is 0 Å². The van der Waals surface area contributed by atoms with E-state index in [1.165, 1.54) is 18.2 Å². The largest absolute Gasteiger partial charge is 0.367 e. The molecule has 2 aromatic rings. The minimum Gasteiger partial charge on any atom is -0.367 e. The van der Waals surface area contributed by atoms with Crippen LogP contribution in [-0.4, -0.2) is 34.5 Å². The molecule has 1 fully saturated rings. The number of non-ortho nitro benzene ring substituents is 1. The SMILES string of the molecule is O=C1C(Nc2ccc(F)c(F)c2)=C(N2CCCC2)C(=O)c2ccc([N+](=O)[O-])cc21. The summed E-state index contributed by atoms with van der Waals surface area (Å²) in [7, 11) is 0. The van der Waals surface area contributed by atoms with Crippen molar-refractivity contribution in [1.29, 1.82) is 0 Å². The topological polar surface area (TPSA) is 92.6 Å². The summed E-state index contributed by atoms with van der Waals surface area (Å²) >= 11 is 0. The molecule has 148 valence electrons. The molecule has 0 radical (unpaired) electrons. The molecule has 1 N–H and O–H groups in total. The number of nitro groups is 1. The predicted molar refractivity (Wildman–Crippen MR) is 99.6 cm³/mol. The molecule has 0 atom stereocenters. The number of hydrogen-bond donors (Lipinski definition) is 1. The Labute approximate surface area is 163 Å². The van der Waals surface area contributed by atoms with Crippen molar-refractivity contribution >= 4 is 22.9 Å². The molecule has 2 aliphatic rings. The fourth-order valence-electron chi connectivity index (χ4n) is 3.59. The van der Waals surface area contributed by atoms with Gasteiger partial charge in [0.1, 0.15) is 11.4 Å². The summed E-state index contributed by atoms with van der Waals surface area (Å²) in [5.41, 5.74) is -0.211. The summed E-state index contributed by atoms with van der Waals surface area (Å²) < 4.78 is 26.9. The number of ketones is 2. The number of Topliss-reactive ketones (excluding diaryl/α,β-unsaturated/α-hetero) is 2. The summed E-state index contributed by atoms with van der Waals surface area (Å²) in [5.74, 6) is -3.21. The first-order chi connectivity index (χ1) is 13.9. The van der Waals surface area contributed by atoms with Crippen LogP contribution in [0.4, 0.5) is 20.2 Å². The van der Waals surface area contributed by atoms with E-state index in [0.29, 0.717) is 13.1 Å². The van der Waals surface area contributed by atoms with Crippen molar-refractivity contribution in [3.05, 3.63) is 80.7 Å². The molecule has 0 amide bonds. The maximum Gasteiger partial charge on any atom is 0.270 e. The molecular weight excluding hydrogens is 384 g/mol. The van der Waals surface area contributed by atoms with Gasteiger partial charge in [0.05, 0.1) is 4.92 Å². The van der Waals surface area contributed by atoms with Gasteiger partial charge in [-0.05, 0) is 31.0 Å². The number of benzene rings is 2. The first-order valence-corrected chi connectivity index (χ1v) is 8.96. The lowest BCUT2D eigenvalue weighted by Gasteiger charge is -2.28. The lowest BCUT2D eigenvalue weighted by Crippen LogP contribution is -2.35. The number of anilines is 1. The lowest BCUT2D eigenvalue weighted by molar-refractivity contribution is -0.384. The minimum absolute atomic E-state index is 0.0818. The number of nitro benzene ring substituents is 1. The molecule has 0 spiro atoms. The van der Waals surface area contributed by atoms with Crippen LogP contribution in [0.2, 0.25) is 0 Å². The molecule has 1 saturated heterocycles. The second-order valence-electron chi connectivity index (χ2n) is 6.82. The first kappa shape index (κ1) is 18.7. The number of carbonyl (C=O) groups excluding carboxylic acids is 2. The Morgan fingerprint density at radius 2 is 1.66 bits per heavy atom. The summed E-state index contributed by atoms with van der Waals surface area (Å²) in [6.45, 7) is 1.14. The predicted octanol–water partition coefficient (Wildman–Crippen LogP) is 3.67. The number of nitrogens with one attached hydrogen (secondary N) is 1. The number of allylic oxidation sites excluding steroid dienone is 2. The second-order valence-corrected chi connectivity index (χ2v) is 6.82. The number of rotatable bonds is 4. The van der Waals surface area contributed by atoms with Crippen molar-refractivity contribution < 1.29 is 23.3 Å². The van der Waals surface area contributed by atoms with Crippen molar-refractivity contribution in [3.8, 4) is 0 Å². The number of hydrogen-bond acceptors (Lipinski definition) is 6. The van der Waals surface area contributed by atoms with Gasteiger partial charge in [-0.1, -0.05) is 0 Å². The van der Waals surface area contributed by atoms with Crippen LogP contribution in [0.5, 0.6) is 0 Å². The Kier molecular flexibility index (Phi) is 4.57. The Morgan fingerprint density at radius 1 is 0.931 bits per heavy atom. The molecule has 0 bridgehead atoms. The molecule has 4 rings (SSSR count). The number of fused-ring (bicyclic) bond motifs is 1. The smallest absolute Gasteiger partial charge is 0.270 e. The second kappa shape index (κ2) is 7.08. The minimum atomic E-state index is -1.11. The summed E-state index contributed by atoms with van der Waals surface area (Å²) in [5, 5.41) is 13.8. The van der Waals surface area contributed by atoms with Crippen LogP contribution in [0.1, 0.15) is 33.6 Å². The van der Waals surface area contributed by atoms with E-state index < -0.39 is 28.1 Å². The molecule has 0 unspecified atom stereocenters. The molecule has 29 heavy (non-hydrogen) atoms. The third-order valence-corrected chi connectivity index (χ3v) is 4.99. The van der Waals surface area contributed by atoms with E-state index >= 15 is 0 Å². The summed E-state index contributed by atoms with van der Waals surface area (Å²) in [4.78, 5) is 38.5. The molecule has 2 aromatic carbocycles. The van der Waals surface area contributed by atoms with Gasteiger partial charge in [0.25, 0.3) is 5.69 Å². The molecule has 1 aliphatic carbocycles. The van der Waals surface area contributed by atoms with Crippen molar-refractivity contribution in [1.82, 2.24) is 4.90 Å². The number of likely N-dealkylation sites (tertiary alicyclic amines) is 1. The van der Waals surface area contributed by atoms with Crippen LogP contribution >= 0.6 is 0 Å². The van der Waals surface area contributed by atoms with Crippen molar-refractivity contribution in [3.63, 3.8) is 0 Å². The maximum atomic E-state index is 13.6. The Hall–Kier alpha value is -3.62. The van der Waals surface area contributed by atoms with Crippen LogP contribution in [0.25, 0.3) is 0 Å². The third kappa shape index (κ3) is 3.24. The molecule has 7 nitrogen and oxygen atoms in total. The molecule has 9 heteroatoms. The highest BCUT2D eigenvalue weighted by atomic mass is 19.2. The summed E-state index contributed by atoms with van der Waals surface area (Å²) in [6.07, 6.45) is 1.69. The van der Waals surface area contributed by atoms with Crippen molar-refractivity contribution in [2.24, 2.45) is 0 Å². The van der Waals surface area contributed by atoms with Gasteiger partial charge < -0.3 is 10.2 Å². The fraction of sp³-hybridized carbons (Fsp3) is 0.200. The van der Waals surface area contributed by atoms with E-state index in [9.17, 15) is 28.5 Å². The van der Waals surface area contributed by atoms with Crippen LogP contribution in [-0.2, 0) is 0 Å². The zero-order chi connectivity index (χ0) is 20.7. The van der Waals surface area contributed by atoms with Gasteiger partial charge in [0.2, 0.25) is 11.6 Å². The van der Waals surface area contributed by atoms with E-state index in [2.05, 4.69) is 5.32 Å². The number of halogens is 2. The zero-order valence-electron chi connectivity index (χ0n) is 15.1. The molecule has 1 heterocycles. The van der Waals surface area contributed by atoms with Crippen LogP contribution in [0, 0.1) is 21.7 Å². The normalized spacial score (nSPS) is 16.3. The fourth-order valence-corrected chi connectivity index (χ4v) is 3.59.